The second kappa shape index (κ2) is 7.79. The molecule has 0 atom stereocenters. The highest BCUT2D eigenvalue weighted by molar-refractivity contribution is 5.98. The summed E-state index contributed by atoms with van der Waals surface area (Å²) in [5.74, 6) is 0.0346. The van der Waals surface area contributed by atoms with Crippen LogP contribution in [0.2, 0.25) is 0 Å². The molecule has 0 saturated heterocycles. The molecule has 1 aliphatic heterocycles. The number of benzene rings is 2. The number of rotatable bonds is 5. The van der Waals surface area contributed by atoms with Crippen molar-refractivity contribution in [3.05, 3.63) is 64.8 Å². The molecule has 0 saturated carbocycles. The number of fused-ring (bicyclic) bond motifs is 2. The Kier molecular flexibility index (Phi) is 5.03. The van der Waals surface area contributed by atoms with Gasteiger partial charge in [-0.15, -0.1) is 0 Å². The van der Waals surface area contributed by atoms with Crippen molar-refractivity contribution in [3.8, 4) is 11.5 Å². The highest BCUT2D eigenvalue weighted by atomic mass is 16.7. The summed E-state index contributed by atoms with van der Waals surface area (Å²) >= 11 is 0. The van der Waals surface area contributed by atoms with Gasteiger partial charge < -0.3 is 18.9 Å². The minimum atomic E-state index is -0.550. The summed E-state index contributed by atoms with van der Waals surface area (Å²) in [7, 11) is 0. The van der Waals surface area contributed by atoms with Gasteiger partial charge in [0.1, 0.15) is 6.61 Å². The van der Waals surface area contributed by atoms with Crippen molar-refractivity contribution in [2.45, 2.75) is 20.5 Å². The Balaban J connectivity index is 1.63. The topological polar surface area (TPSA) is 84.0 Å². The van der Waals surface area contributed by atoms with Crippen LogP contribution in [0, 0.1) is 6.92 Å². The number of ether oxygens (including phenoxy) is 4. The SMILES string of the molecule is CCOC(=O)c1c(COC(=O)c2ccc3c(c2)OCO3)nc2ccccc2c1C. The van der Waals surface area contributed by atoms with Crippen LogP contribution < -0.4 is 9.47 Å². The average molecular weight is 393 g/mol. The van der Waals surface area contributed by atoms with Crippen LogP contribution in [0.3, 0.4) is 0 Å². The molecule has 1 aromatic heterocycles. The van der Waals surface area contributed by atoms with Crippen LogP contribution in [0.15, 0.2) is 42.5 Å². The van der Waals surface area contributed by atoms with E-state index in [1.807, 2.05) is 31.2 Å². The van der Waals surface area contributed by atoms with Crippen LogP contribution in [0.25, 0.3) is 10.9 Å². The van der Waals surface area contributed by atoms with Crippen molar-refractivity contribution >= 4 is 22.8 Å². The van der Waals surface area contributed by atoms with Crippen molar-refractivity contribution in [1.29, 1.82) is 0 Å². The first kappa shape index (κ1) is 18.7. The molecule has 1 aliphatic rings. The lowest BCUT2D eigenvalue weighted by molar-refractivity contribution is 0.0444. The van der Waals surface area contributed by atoms with Gasteiger partial charge in [0.15, 0.2) is 11.5 Å². The molecule has 148 valence electrons. The van der Waals surface area contributed by atoms with Gasteiger partial charge in [-0.3, -0.25) is 0 Å². The number of carbonyl (C=O) groups excluding carboxylic acids is 2. The van der Waals surface area contributed by atoms with Gasteiger partial charge in [0, 0.05) is 5.39 Å². The molecule has 0 spiro atoms. The normalized spacial score (nSPS) is 12.1. The Bertz CT molecular complexity index is 1110. The summed E-state index contributed by atoms with van der Waals surface area (Å²) in [4.78, 5) is 29.6. The molecule has 0 aliphatic carbocycles. The number of nitrogens with zero attached hydrogens (tertiary/aromatic N) is 1. The molecule has 3 aromatic rings. The minimum Gasteiger partial charge on any atom is -0.462 e. The number of aromatic nitrogens is 1. The van der Waals surface area contributed by atoms with Gasteiger partial charge in [-0.05, 0) is 43.7 Å². The number of esters is 2. The van der Waals surface area contributed by atoms with Crippen LogP contribution >= 0.6 is 0 Å². The van der Waals surface area contributed by atoms with E-state index in [9.17, 15) is 9.59 Å². The number of aryl methyl sites for hydroxylation is 1. The van der Waals surface area contributed by atoms with Gasteiger partial charge in [-0.2, -0.15) is 0 Å². The first-order chi connectivity index (χ1) is 14.1. The van der Waals surface area contributed by atoms with Gasteiger partial charge in [0.25, 0.3) is 0 Å². The first-order valence-electron chi connectivity index (χ1n) is 9.20. The Morgan fingerprint density at radius 3 is 2.66 bits per heavy atom. The van der Waals surface area contributed by atoms with Crippen molar-refractivity contribution in [3.63, 3.8) is 0 Å². The molecule has 4 rings (SSSR count). The Hall–Kier alpha value is -3.61. The second-order valence-corrected chi connectivity index (χ2v) is 6.44. The lowest BCUT2D eigenvalue weighted by Gasteiger charge is -2.14. The molecular weight excluding hydrogens is 374 g/mol. The molecule has 29 heavy (non-hydrogen) atoms. The third kappa shape index (κ3) is 3.59. The predicted molar refractivity (Wildman–Crippen MR) is 104 cm³/mol. The third-order valence-electron chi connectivity index (χ3n) is 4.65. The Labute approximate surface area is 167 Å². The fourth-order valence-corrected chi connectivity index (χ4v) is 3.26. The van der Waals surface area contributed by atoms with Crippen molar-refractivity contribution in [2.24, 2.45) is 0 Å². The number of hydrogen-bond acceptors (Lipinski definition) is 7. The standard InChI is InChI=1S/C22H19NO6/c1-3-26-22(25)20-13(2)15-6-4-5-7-16(15)23-17(20)11-27-21(24)14-8-9-18-19(10-14)29-12-28-18/h4-10H,3,11-12H2,1-2H3. The number of carbonyl (C=O) groups is 2. The molecular formula is C22H19NO6. The number of hydrogen-bond donors (Lipinski definition) is 0. The largest absolute Gasteiger partial charge is 0.462 e. The van der Waals surface area contributed by atoms with Crippen LogP contribution in [0.5, 0.6) is 11.5 Å². The molecule has 0 unspecified atom stereocenters. The van der Waals surface area contributed by atoms with Gasteiger partial charge in [-0.25, -0.2) is 14.6 Å². The third-order valence-corrected chi connectivity index (χ3v) is 4.65. The minimum absolute atomic E-state index is 0.122. The van der Waals surface area contributed by atoms with Gasteiger partial charge in [-0.1, -0.05) is 18.2 Å². The molecule has 0 radical (unpaired) electrons. The monoisotopic (exact) mass is 393 g/mol. The molecule has 7 heteroatoms. The zero-order valence-corrected chi connectivity index (χ0v) is 16.1. The highest BCUT2D eigenvalue weighted by Crippen LogP contribution is 2.33. The van der Waals surface area contributed by atoms with E-state index in [1.165, 1.54) is 0 Å². The average Bonchev–Trinajstić information content (AvgIpc) is 3.20. The van der Waals surface area contributed by atoms with E-state index in [1.54, 1.807) is 25.1 Å². The van der Waals surface area contributed by atoms with Crippen molar-refractivity contribution in [1.82, 2.24) is 4.98 Å². The molecule has 0 N–H and O–H groups in total. The van der Waals surface area contributed by atoms with Crippen molar-refractivity contribution in [2.75, 3.05) is 13.4 Å². The van der Waals surface area contributed by atoms with E-state index in [0.717, 1.165) is 10.9 Å². The Morgan fingerprint density at radius 2 is 1.83 bits per heavy atom. The van der Waals surface area contributed by atoms with Crippen LogP contribution in [0.4, 0.5) is 0 Å². The summed E-state index contributed by atoms with van der Waals surface area (Å²) < 4.78 is 21.2. The molecule has 0 fully saturated rings. The van der Waals surface area contributed by atoms with E-state index in [0.29, 0.717) is 33.8 Å². The van der Waals surface area contributed by atoms with E-state index in [2.05, 4.69) is 4.98 Å². The molecule has 0 amide bonds. The molecule has 0 bridgehead atoms. The number of pyridine rings is 1. The summed E-state index contributed by atoms with van der Waals surface area (Å²) in [5.41, 5.74) is 2.46. The molecule has 2 heterocycles. The zero-order valence-electron chi connectivity index (χ0n) is 16.1. The van der Waals surface area contributed by atoms with Crippen LogP contribution in [-0.2, 0) is 16.1 Å². The lowest BCUT2D eigenvalue weighted by atomic mass is 10.0. The molecule has 7 nitrogen and oxygen atoms in total. The summed E-state index contributed by atoms with van der Waals surface area (Å²) in [5, 5.41) is 0.849. The summed E-state index contributed by atoms with van der Waals surface area (Å²) in [6.45, 7) is 3.77. The highest BCUT2D eigenvalue weighted by Gasteiger charge is 2.22. The number of para-hydroxylation sites is 1. The summed E-state index contributed by atoms with van der Waals surface area (Å²) in [6.07, 6.45) is 0. The van der Waals surface area contributed by atoms with Gasteiger partial charge in [0.05, 0.1) is 28.9 Å². The van der Waals surface area contributed by atoms with E-state index >= 15 is 0 Å². The van der Waals surface area contributed by atoms with E-state index < -0.39 is 11.9 Å². The zero-order chi connectivity index (χ0) is 20.4. The van der Waals surface area contributed by atoms with E-state index in [-0.39, 0.29) is 20.0 Å². The van der Waals surface area contributed by atoms with Crippen LogP contribution in [-0.4, -0.2) is 30.3 Å². The molecule has 2 aromatic carbocycles. The van der Waals surface area contributed by atoms with Crippen LogP contribution in [0.1, 0.15) is 38.9 Å². The summed E-state index contributed by atoms with van der Waals surface area (Å²) in [6, 6.07) is 12.3. The van der Waals surface area contributed by atoms with Gasteiger partial charge >= 0.3 is 11.9 Å². The quantitative estimate of drug-likeness (QED) is 0.610. The predicted octanol–water partition coefficient (Wildman–Crippen LogP) is 3.81. The van der Waals surface area contributed by atoms with E-state index in [4.69, 9.17) is 18.9 Å². The first-order valence-corrected chi connectivity index (χ1v) is 9.20. The maximum Gasteiger partial charge on any atom is 0.340 e. The lowest BCUT2D eigenvalue weighted by Crippen LogP contribution is -2.15. The van der Waals surface area contributed by atoms with Crippen molar-refractivity contribution < 1.29 is 28.5 Å². The fraction of sp³-hybridized carbons (Fsp3) is 0.227. The fourth-order valence-electron chi connectivity index (χ4n) is 3.26. The maximum atomic E-state index is 12.5. The van der Waals surface area contributed by atoms with Gasteiger partial charge in [0.2, 0.25) is 6.79 Å². The second-order valence-electron chi connectivity index (χ2n) is 6.44. The Morgan fingerprint density at radius 1 is 1.03 bits per heavy atom. The smallest absolute Gasteiger partial charge is 0.340 e. The maximum absolute atomic E-state index is 12.5.